The van der Waals surface area contributed by atoms with E-state index in [1.807, 2.05) is 0 Å². The van der Waals surface area contributed by atoms with Gasteiger partial charge < -0.3 is 42.1 Å². The number of carbonyl (C=O) groups is 6. The number of benzene rings is 1. The molecule has 3 aliphatic rings. The summed E-state index contributed by atoms with van der Waals surface area (Å²) in [6.45, 7) is 4.40. The third-order valence-electron chi connectivity index (χ3n) is 13.5. The summed E-state index contributed by atoms with van der Waals surface area (Å²) in [4.78, 5) is 119. The van der Waals surface area contributed by atoms with Gasteiger partial charge in [-0.2, -0.15) is 0 Å². The van der Waals surface area contributed by atoms with E-state index in [-0.39, 0.29) is 57.7 Å². The zero-order valence-electron chi connectivity index (χ0n) is 41.2. The highest BCUT2D eigenvalue weighted by molar-refractivity contribution is 7.15. The van der Waals surface area contributed by atoms with Crippen LogP contribution >= 0.6 is 68.0 Å². The molecule has 78 heavy (non-hydrogen) atoms. The fourth-order valence-electron chi connectivity index (χ4n) is 9.27. The van der Waals surface area contributed by atoms with E-state index in [0.717, 1.165) is 22.7 Å². The maximum atomic E-state index is 14.3. The molecule has 6 atom stereocenters. The molecule has 0 aliphatic carbocycles. The van der Waals surface area contributed by atoms with Crippen molar-refractivity contribution >= 4 is 104 Å². The van der Waals surface area contributed by atoms with Crippen molar-refractivity contribution in [3.8, 4) is 43.4 Å². The quantitative estimate of drug-likeness (QED) is 0.0985. The maximum Gasteiger partial charge on any atom is 0.325 e. The molecule has 0 saturated carbocycles. The Kier molecular flexibility index (Phi) is 14.9. The van der Waals surface area contributed by atoms with E-state index in [1.165, 1.54) is 55.6 Å². The number of fused-ring (bicyclic) bond motifs is 16. The van der Waals surface area contributed by atoms with Crippen LogP contribution in [0.4, 0.5) is 4.79 Å². The Hall–Kier alpha value is -7.15. The molecule has 10 bridgehead atoms. The lowest BCUT2D eigenvalue weighted by Crippen LogP contribution is -2.43. The first-order chi connectivity index (χ1) is 37.6. The summed E-state index contributed by atoms with van der Waals surface area (Å²) in [6, 6.07) is 8.24. The van der Waals surface area contributed by atoms with Gasteiger partial charge in [-0.1, -0.05) is 37.3 Å². The third kappa shape index (κ3) is 10.6. The van der Waals surface area contributed by atoms with Crippen LogP contribution in [0.3, 0.4) is 0 Å². The molecule has 2 fully saturated rings. The van der Waals surface area contributed by atoms with Gasteiger partial charge in [0.05, 0.1) is 30.3 Å². The van der Waals surface area contributed by atoms with Gasteiger partial charge in [-0.25, -0.2) is 39.7 Å². The molecule has 22 nitrogen and oxygen atoms in total. The predicted molar refractivity (Wildman–Crippen MR) is 294 cm³/mol. The monoisotopic (exact) mass is 1160 g/mol. The van der Waals surface area contributed by atoms with Crippen LogP contribution in [0.25, 0.3) is 43.4 Å². The Bertz CT molecular complexity index is 3620. The largest absolute Gasteiger partial charge is 0.391 e. The van der Waals surface area contributed by atoms with Crippen LogP contribution in [0, 0.1) is 12.8 Å². The second kappa shape index (κ2) is 21.9. The minimum absolute atomic E-state index is 0.00245. The van der Waals surface area contributed by atoms with Crippen molar-refractivity contribution in [2.75, 3.05) is 19.6 Å². The van der Waals surface area contributed by atoms with Gasteiger partial charge in [0, 0.05) is 68.9 Å². The van der Waals surface area contributed by atoms with Crippen LogP contribution < -0.4 is 27.4 Å². The molecule has 0 spiro atoms. The van der Waals surface area contributed by atoms with Gasteiger partial charge in [0.25, 0.3) is 23.6 Å². The smallest absolute Gasteiger partial charge is 0.325 e. The standard InChI is InChI=1S/C50H46N14O8S6/c1-21-33(65)15-64-38(21)48-58-31(19-77-48)45-55-28(16-74-45)36-25(8-9-26(53-36)44-59-32(20-75-44)49(71)63-12-10-24(51)11-13-63)43-56-29(17-73-43)40(68)54-27(14-34(52)66)46-61-35(22(2)78-46)42(70)60-37(39(67)23-6-4-3-5-7-23)47-57-30(18-76-47)41(69)62-50(64)72/h3-9,16-21,24,27,33,37-39,65,67H,10-15,51H2,1-2H3,(H2,52,66)(H,54,68)(H,60,70)(H,62,69,72)/t21-,27-,33-,37-,38-,39+/m0/s1. The molecule has 7 aromatic heterocycles. The molecule has 1 aromatic carbocycles. The first kappa shape index (κ1) is 52.9. The molecule has 9 N–H and O–H groups in total. The normalized spacial score (nSPS) is 20.7. The summed E-state index contributed by atoms with van der Waals surface area (Å²) in [7, 11) is 0. The predicted octanol–water partition coefficient (Wildman–Crippen LogP) is 6.13. The second-order valence-electron chi connectivity index (χ2n) is 18.7. The number of hydrogen-bond donors (Lipinski definition) is 7. The third-order valence-corrected chi connectivity index (χ3v) is 19.0. The van der Waals surface area contributed by atoms with E-state index in [9.17, 15) is 39.0 Å². The highest BCUT2D eigenvalue weighted by atomic mass is 32.1. The number of imide groups is 1. The first-order valence-electron chi connectivity index (χ1n) is 24.3. The Morgan fingerprint density at radius 2 is 1.38 bits per heavy atom. The van der Waals surface area contributed by atoms with E-state index < -0.39 is 65.9 Å². The van der Waals surface area contributed by atoms with Crippen molar-refractivity contribution in [2.45, 2.75) is 69.5 Å². The molecule has 10 heterocycles. The van der Waals surface area contributed by atoms with Crippen LogP contribution in [0.15, 0.2) is 69.4 Å². The van der Waals surface area contributed by atoms with E-state index in [0.29, 0.717) is 84.7 Å². The number of primary amides is 1. The lowest BCUT2D eigenvalue weighted by atomic mass is 10.0. The molecule has 3 aliphatic heterocycles. The number of piperidine rings is 1. The number of pyridine rings is 1. The summed E-state index contributed by atoms with van der Waals surface area (Å²) < 4.78 is 0. The Morgan fingerprint density at radius 1 is 0.718 bits per heavy atom. The molecule has 0 unspecified atom stereocenters. The van der Waals surface area contributed by atoms with Crippen LogP contribution in [0.5, 0.6) is 0 Å². The Balaban J connectivity index is 0.982. The molecule has 7 amide bonds. The zero-order valence-corrected chi connectivity index (χ0v) is 46.1. The minimum Gasteiger partial charge on any atom is -0.391 e. The molecule has 28 heteroatoms. The molecule has 0 radical (unpaired) electrons. The highest BCUT2D eigenvalue weighted by Gasteiger charge is 2.44. The average Bonchev–Trinajstić information content (AvgIpc) is 4.41. The number of amides is 7. The summed E-state index contributed by atoms with van der Waals surface area (Å²) in [5.41, 5.74) is 14.6. The Labute approximate surface area is 467 Å². The van der Waals surface area contributed by atoms with Crippen LogP contribution in [0.1, 0.15) is 118 Å². The number of carbonyl (C=O) groups excluding carboxylic acids is 6. The van der Waals surface area contributed by atoms with Gasteiger partial charge in [0.1, 0.15) is 82.0 Å². The molecule has 8 aromatic rings. The first-order valence-corrected chi connectivity index (χ1v) is 29.5. The number of aliphatic hydroxyl groups is 2. The molecule has 400 valence electrons. The number of hydrogen-bond acceptors (Lipinski definition) is 22. The molecular formula is C50H46N14O8S6. The Morgan fingerprint density at radius 3 is 2.17 bits per heavy atom. The van der Waals surface area contributed by atoms with Gasteiger partial charge in [0.2, 0.25) is 5.91 Å². The van der Waals surface area contributed by atoms with E-state index in [1.54, 1.807) is 82.7 Å². The number of urea groups is 1. The molecular weight excluding hydrogens is 1120 g/mol. The number of rotatable bonds is 6. The van der Waals surface area contributed by atoms with Gasteiger partial charge in [-0.05, 0) is 37.5 Å². The lowest BCUT2D eigenvalue weighted by molar-refractivity contribution is -0.118. The number of aliphatic hydroxyl groups excluding tert-OH is 2. The number of aromatic nitrogens is 7. The van der Waals surface area contributed by atoms with Crippen molar-refractivity contribution in [1.29, 1.82) is 0 Å². The van der Waals surface area contributed by atoms with Crippen molar-refractivity contribution in [2.24, 2.45) is 17.4 Å². The maximum absolute atomic E-state index is 14.3. The SMILES string of the molecule is Cc1sc2nc1C(=O)N[C@@H]([C@H](O)c1ccccc1)c1nc(cs1)C(=O)NC(=O)N1C[C@H](O)[C@H](C)[C@H]1c1nc(cs1)-c1nc(cs1)-c1nc(-c3nc(C(=O)N4CCC(N)CC4)cs3)ccc1-c1nc(cs1)C(=O)N[C@H]2CC(N)=O. The number of thiazole rings is 6. The fraction of sp³-hybridized carbons (Fsp3) is 0.300. The van der Waals surface area contributed by atoms with E-state index in [4.69, 9.17) is 36.4 Å². The summed E-state index contributed by atoms with van der Waals surface area (Å²) in [5.74, 6) is -3.70. The van der Waals surface area contributed by atoms with E-state index in [2.05, 4.69) is 25.9 Å². The second-order valence-corrected chi connectivity index (χ2v) is 24.3. The zero-order chi connectivity index (χ0) is 54.5. The number of aryl methyl sites for hydroxylation is 1. The van der Waals surface area contributed by atoms with Gasteiger partial charge in [-0.3, -0.25) is 29.3 Å². The van der Waals surface area contributed by atoms with Crippen molar-refractivity contribution < 1.29 is 39.0 Å². The minimum atomic E-state index is -1.38. The van der Waals surface area contributed by atoms with Crippen molar-refractivity contribution in [3.63, 3.8) is 0 Å². The van der Waals surface area contributed by atoms with Gasteiger partial charge in [0.15, 0.2) is 0 Å². The van der Waals surface area contributed by atoms with Gasteiger partial charge in [-0.15, -0.1) is 68.0 Å². The van der Waals surface area contributed by atoms with Crippen LogP contribution in [-0.4, -0.2) is 122 Å². The molecule has 2 saturated heterocycles. The van der Waals surface area contributed by atoms with Crippen LogP contribution in [-0.2, 0) is 4.79 Å². The summed E-state index contributed by atoms with van der Waals surface area (Å²) in [6.07, 6.45) is -1.31. The summed E-state index contributed by atoms with van der Waals surface area (Å²) in [5, 5.41) is 41.5. The molecule has 11 rings (SSSR count). The lowest BCUT2D eigenvalue weighted by Gasteiger charge is -2.29. The number of nitrogens with one attached hydrogen (secondary N) is 3. The topological polar surface area (TPSA) is 328 Å². The number of likely N-dealkylation sites (tertiary alicyclic amines) is 1. The van der Waals surface area contributed by atoms with Crippen molar-refractivity contribution in [3.05, 3.63) is 118 Å². The van der Waals surface area contributed by atoms with E-state index >= 15 is 0 Å². The summed E-state index contributed by atoms with van der Waals surface area (Å²) >= 11 is 7.02. The number of nitrogens with zero attached hydrogens (tertiary/aromatic N) is 9. The van der Waals surface area contributed by atoms with Crippen molar-refractivity contribution in [1.82, 2.24) is 60.6 Å². The average molecular weight is 1160 g/mol. The fourth-order valence-corrected chi connectivity index (χ4v) is 14.6. The number of nitrogens with two attached hydrogens (primary N) is 2. The van der Waals surface area contributed by atoms with Gasteiger partial charge >= 0.3 is 6.03 Å². The highest BCUT2D eigenvalue weighted by Crippen LogP contribution is 2.42. The van der Waals surface area contributed by atoms with Crippen LogP contribution in [0.2, 0.25) is 0 Å².